The molecule has 0 unspecified atom stereocenters. The van der Waals surface area contributed by atoms with Crippen LogP contribution in [0, 0.1) is 20.8 Å². The molecule has 0 spiro atoms. The molecule has 0 aliphatic rings. The first-order chi connectivity index (χ1) is 37.3. The van der Waals surface area contributed by atoms with Gasteiger partial charge in [0.25, 0.3) is 5.91 Å². The Morgan fingerprint density at radius 3 is 1.90 bits per heavy atom. The van der Waals surface area contributed by atoms with E-state index in [0.717, 1.165) is 11.4 Å². The van der Waals surface area contributed by atoms with Crippen molar-refractivity contribution in [1.29, 1.82) is 0 Å². The molecule has 6 heterocycles. The number of nitrogens with zero attached hydrogens (tertiary/aromatic N) is 11. The second-order valence-corrected chi connectivity index (χ2v) is 19.6. The Kier molecular flexibility index (Phi) is 16.7. The molecule has 0 saturated carbocycles. The molecule has 8 rings (SSSR count). The number of imidazole rings is 1. The third-order valence-electron chi connectivity index (χ3n) is 12.5. The maximum atomic E-state index is 14.1. The van der Waals surface area contributed by atoms with Gasteiger partial charge >= 0.3 is 11.9 Å². The summed E-state index contributed by atoms with van der Waals surface area (Å²) in [6, 6.07) is 11.6. The average Bonchev–Trinajstić information content (AvgIpc) is 4.37. The smallest absolute Gasteiger partial charge is 0.356 e. The van der Waals surface area contributed by atoms with Gasteiger partial charge in [-0.1, -0.05) is 12.2 Å². The molecule has 5 N–H and O–H groups in total. The molecule has 0 fully saturated rings. The number of rotatable bonds is 24. The fourth-order valence-electron chi connectivity index (χ4n) is 9.11. The van der Waals surface area contributed by atoms with Gasteiger partial charge in [0.05, 0.1) is 47.9 Å². The van der Waals surface area contributed by atoms with E-state index in [1.807, 2.05) is 75.9 Å². The van der Waals surface area contributed by atoms with Crippen molar-refractivity contribution in [3.05, 3.63) is 100 Å². The molecule has 3 amide bonds. The van der Waals surface area contributed by atoms with Gasteiger partial charge in [-0.3, -0.25) is 38.5 Å². The topological polar surface area (TPSA) is 288 Å². The summed E-state index contributed by atoms with van der Waals surface area (Å²) in [5.41, 5.74) is 16.9. The van der Waals surface area contributed by atoms with Gasteiger partial charge in [0.1, 0.15) is 45.3 Å². The Bertz CT molecular complexity index is 3610. The number of hydrogen-bond donors (Lipinski definition) is 3. The Morgan fingerprint density at radius 1 is 0.654 bits per heavy atom. The molecule has 0 aliphatic carbocycles. The molecule has 0 bridgehead atoms. The van der Waals surface area contributed by atoms with Crippen molar-refractivity contribution in [3.8, 4) is 23.0 Å². The summed E-state index contributed by atoms with van der Waals surface area (Å²) in [4.78, 5) is 79.9. The molecule has 23 heteroatoms. The number of ether oxygens (including phenoxy) is 4. The van der Waals surface area contributed by atoms with Gasteiger partial charge in [0.15, 0.2) is 5.82 Å². The predicted octanol–water partition coefficient (Wildman–Crippen LogP) is 7.40. The van der Waals surface area contributed by atoms with Crippen molar-refractivity contribution in [2.75, 3.05) is 25.1 Å². The van der Waals surface area contributed by atoms with Gasteiger partial charge < -0.3 is 39.5 Å². The third kappa shape index (κ3) is 12.3. The number of amides is 3. The number of aromatic nitrogens is 11. The third-order valence-corrected chi connectivity index (χ3v) is 12.5. The van der Waals surface area contributed by atoms with Crippen LogP contribution in [0.25, 0.3) is 44.5 Å². The number of anilines is 1. The van der Waals surface area contributed by atoms with Crippen LogP contribution < -0.4 is 26.3 Å². The molecule has 78 heavy (non-hydrogen) atoms. The average molecular weight is 1070 g/mol. The molecule has 8 aromatic rings. The Labute approximate surface area is 449 Å². The van der Waals surface area contributed by atoms with E-state index in [0.29, 0.717) is 99.8 Å². The van der Waals surface area contributed by atoms with Crippen LogP contribution in [-0.2, 0) is 47.0 Å². The van der Waals surface area contributed by atoms with Crippen molar-refractivity contribution in [2.45, 2.75) is 126 Å². The van der Waals surface area contributed by atoms with Gasteiger partial charge in [-0.2, -0.15) is 15.3 Å². The summed E-state index contributed by atoms with van der Waals surface area (Å²) in [7, 11) is 0. The lowest BCUT2D eigenvalue weighted by atomic mass is 10.1. The number of hydrogen-bond acceptors (Lipinski definition) is 15. The van der Waals surface area contributed by atoms with Crippen molar-refractivity contribution >= 4 is 68.6 Å². The van der Waals surface area contributed by atoms with E-state index in [-0.39, 0.29) is 74.5 Å². The fourth-order valence-corrected chi connectivity index (χ4v) is 9.11. The van der Waals surface area contributed by atoms with E-state index >= 15 is 0 Å². The molecule has 0 atom stereocenters. The van der Waals surface area contributed by atoms with E-state index in [1.54, 1.807) is 58.2 Å². The fraction of sp³-hybridized carbons (Fsp3) is 0.400. The summed E-state index contributed by atoms with van der Waals surface area (Å²) in [5, 5.41) is 17.6. The van der Waals surface area contributed by atoms with Crippen LogP contribution in [0.1, 0.15) is 126 Å². The van der Waals surface area contributed by atoms with Crippen LogP contribution in [0.3, 0.4) is 0 Å². The second-order valence-electron chi connectivity index (χ2n) is 19.6. The van der Waals surface area contributed by atoms with Gasteiger partial charge in [0.2, 0.25) is 17.8 Å². The predicted molar refractivity (Wildman–Crippen MR) is 291 cm³/mol. The first-order valence-electron chi connectivity index (χ1n) is 26.0. The number of carbonyl (C=O) groups is 5. The molecule has 6 aromatic heterocycles. The Morgan fingerprint density at radius 2 is 1.24 bits per heavy atom. The Hall–Kier alpha value is -8.89. The summed E-state index contributed by atoms with van der Waals surface area (Å²) in [5.74, 6) is -1.47. The highest BCUT2D eigenvalue weighted by molar-refractivity contribution is 6.12. The van der Waals surface area contributed by atoms with Gasteiger partial charge in [-0.25, -0.2) is 19.7 Å². The van der Waals surface area contributed by atoms with E-state index < -0.39 is 29.3 Å². The van der Waals surface area contributed by atoms with E-state index in [2.05, 4.69) is 20.6 Å². The number of primary amides is 2. The lowest BCUT2D eigenvalue weighted by Gasteiger charge is -2.19. The molecule has 0 aliphatic heterocycles. The molecular weight excluding hydrogens is 1000 g/mol. The molecule has 0 saturated heterocycles. The molecular formula is C55H66N14O9. The number of esters is 2. The highest BCUT2D eigenvalue weighted by atomic mass is 16.6. The number of nitrogens with two attached hydrogens (primary N) is 2. The monoisotopic (exact) mass is 1070 g/mol. The second kappa shape index (κ2) is 23.6. The largest absolute Gasteiger partial charge is 0.491 e. The number of allylic oxidation sites excluding steroid dienone is 2. The van der Waals surface area contributed by atoms with E-state index in [4.69, 9.17) is 45.4 Å². The highest BCUT2D eigenvalue weighted by Gasteiger charge is 2.25. The van der Waals surface area contributed by atoms with Crippen LogP contribution in [0.15, 0.2) is 60.8 Å². The SMILES string of the molecule is CCn1nc(C)cc1C(=O)Nc1nc2cc(C(N)=O)cc(OCCCOC(=O)c3cc(C)nn3CC)c2n1C/C=C/Cn1c2nc(-c3cc(C)nn3CC)ncc2c2cc(C(N)=O)cc(OCCCCC(=O)OC(C)(C)C)c21. The summed E-state index contributed by atoms with van der Waals surface area (Å²) in [6.45, 7) is 18.9. The van der Waals surface area contributed by atoms with Crippen molar-refractivity contribution in [1.82, 2.24) is 53.4 Å². The van der Waals surface area contributed by atoms with E-state index in [9.17, 15) is 24.0 Å². The normalized spacial score (nSPS) is 11.8. The standard InChI is InChI=1S/C55H66N14O9/c1-10-67-40(24-32(4)62-67)50-58-31-38-37-27-35(48(56)71)29-43(75-21-16-13-18-45(70)78-55(7,8)9)46(37)65(51(38)60-50)19-14-15-20-66-47-39(59-54(66)61-52(73)41-25-33(5)63-68(41)11-2)28-36(49(57)72)30-44(47)76-22-17-23-77-53(74)42-26-34(6)64-69(42)12-3/h14-15,24-31H,10-13,16-23H2,1-9H3,(H2,56,71)(H2,57,72)(H,59,61,73)/b15-14+. The number of fused-ring (bicyclic) bond motifs is 4. The number of nitrogens with one attached hydrogen (secondary N) is 1. The number of aryl methyl sites for hydroxylation is 6. The quantitative estimate of drug-likeness (QED) is 0.0302. The van der Waals surface area contributed by atoms with Crippen LogP contribution in [-0.4, -0.2) is 109 Å². The minimum Gasteiger partial charge on any atom is -0.491 e. The highest BCUT2D eigenvalue weighted by Crippen LogP contribution is 2.37. The Balaban J connectivity index is 1.16. The van der Waals surface area contributed by atoms with Crippen LogP contribution in [0.2, 0.25) is 0 Å². The zero-order chi connectivity index (χ0) is 56.0. The maximum Gasteiger partial charge on any atom is 0.356 e. The minimum atomic E-state index is -0.722. The van der Waals surface area contributed by atoms with Crippen LogP contribution in [0.5, 0.6) is 11.5 Å². The van der Waals surface area contributed by atoms with Crippen molar-refractivity contribution < 1.29 is 42.9 Å². The van der Waals surface area contributed by atoms with Crippen LogP contribution in [0.4, 0.5) is 5.95 Å². The number of benzene rings is 2. The lowest BCUT2D eigenvalue weighted by molar-refractivity contribution is -0.154. The van der Waals surface area contributed by atoms with Crippen molar-refractivity contribution in [2.24, 2.45) is 11.5 Å². The lowest BCUT2D eigenvalue weighted by Crippen LogP contribution is -2.23. The summed E-state index contributed by atoms with van der Waals surface area (Å²) >= 11 is 0. The molecule has 2 aromatic carbocycles. The first kappa shape index (κ1) is 55.3. The molecule has 0 radical (unpaired) electrons. The van der Waals surface area contributed by atoms with Gasteiger partial charge in [0, 0.05) is 73.7 Å². The van der Waals surface area contributed by atoms with Crippen LogP contribution >= 0.6 is 0 Å². The van der Waals surface area contributed by atoms with Gasteiger partial charge in [-0.15, -0.1) is 0 Å². The van der Waals surface area contributed by atoms with Crippen molar-refractivity contribution in [3.63, 3.8) is 0 Å². The maximum absolute atomic E-state index is 14.1. The van der Waals surface area contributed by atoms with Gasteiger partial charge in [-0.05, 0) is 118 Å². The molecule has 410 valence electrons. The van der Waals surface area contributed by atoms with E-state index in [1.165, 1.54) is 12.1 Å². The summed E-state index contributed by atoms with van der Waals surface area (Å²) < 4.78 is 32.6. The zero-order valence-corrected chi connectivity index (χ0v) is 45.5. The zero-order valence-electron chi connectivity index (χ0n) is 45.5. The molecule has 23 nitrogen and oxygen atoms in total. The number of unbranched alkanes of at least 4 members (excludes halogenated alkanes) is 1. The number of carbonyl (C=O) groups excluding carboxylic acids is 5. The summed E-state index contributed by atoms with van der Waals surface area (Å²) in [6.07, 6.45) is 7.02. The minimum absolute atomic E-state index is 0.0288. The first-order valence-corrected chi connectivity index (χ1v) is 26.0.